The van der Waals surface area contributed by atoms with Crippen LogP contribution < -0.4 is 16.2 Å². The zero-order valence-electron chi connectivity index (χ0n) is 14.5. The molecule has 0 aliphatic carbocycles. The van der Waals surface area contributed by atoms with E-state index in [0.29, 0.717) is 0 Å². The highest BCUT2D eigenvalue weighted by Gasteiger charge is 2.32. The molecule has 1 heterocycles. The molecule has 0 atom stereocenters. The van der Waals surface area contributed by atoms with Crippen molar-refractivity contribution < 1.29 is 22.8 Å². The Kier molecular flexibility index (Phi) is 6.67. The Morgan fingerprint density at radius 3 is 2.56 bits per heavy atom. The Hall–Kier alpha value is -2.75. The first-order chi connectivity index (χ1) is 12.7. The van der Waals surface area contributed by atoms with E-state index in [2.05, 4.69) is 21.2 Å². The number of halogens is 3. The van der Waals surface area contributed by atoms with Crippen LogP contribution in [0.4, 0.5) is 18.9 Å². The summed E-state index contributed by atoms with van der Waals surface area (Å²) in [5, 5.41) is 2.42. The van der Waals surface area contributed by atoms with Gasteiger partial charge in [-0.15, -0.1) is 0 Å². The molecule has 0 spiro atoms. The molecule has 2 aromatic rings. The predicted molar refractivity (Wildman–Crippen MR) is 96.2 cm³/mol. The Morgan fingerprint density at radius 2 is 1.89 bits per heavy atom. The van der Waals surface area contributed by atoms with Crippen LogP contribution in [0.1, 0.15) is 21.5 Å². The largest absolute Gasteiger partial charge is 0.447 e. The number of benzene rings is 1. The van der Waals surface area contributed by atoms with E-state index < -0.39 is 34.1 Å². The number of rotatable bonds is 5. The van der Waals surface area contributed by atoms with Gasteiger partial charge in [-0.1, -0.05) is 17.7 Å². The summed E-state index contributed by atoms with van der Waals surface area (Å²) in [5.74, 6) is -1.45. The van der Waals surface area contributed by atoms with Crippen LogP contribution in [0.15, 0.2) is 41.6 Å². The van der Waals surface area contributed by atoms with Gasteiger partial charge in [0.25, 0.3) is 11.8 Å². The summed E-state index contributed by atoms with van der Waals surface area (Å²) in [6.07, 6.45) is 1.15. The minimum Gasteiger partial charge on any atom is -0.376 e. The second-order valence-corrected chi connectivity index (χ2v) is 6.63. The number of hydrazine groups is 1. The van der Waals surface area contributed by atoms with Gasteiger partial charge in [0.05, 0.1) is 12.1 Å². The molecule has 0 saturated carbocycles. The van der Waals surface area contributed by atoms with Crippen molar-refractivity contribution in [3.05, 3.63) is 53.2 Å². The molecule has 0 fully saturated rings. The van der Waals surface area contributed by atoms with Crippen molar-refractivity contribution in [1.29, 1.82) is 0 Å². The molecule has 0 aliphatic rings. The fraction of sp³-hybridized carbons (Fsp3) is 0.235. The molecule has 3 N–H and O–H groups in total. The van der Waals surface area contributed by atoms with Crippen LogP contribution in [0, 0.1) is 13.8 Å². The van der Waals surface area contributed by atoms with Gasteiger partial charge in [-0.2, -0.15) is 13.2 Å². The zero-order chi connectivity index (χ0) is 20.0. The van der Waals surface area contributed by atoms with E-state index in [1.807, 2.05) is 32.0 Å². The van der Waals surface area contributed by atoms with Gasteiger partial charge in [0.15, 0.2) is 0 Å². The number of aryl methyl sites for hydroxylation is 2. The van der Waals surface area contributed by atoms with E-state index >= 15 is 0 Å². The van der Waals surface area contributed by atoms with Crippen LogP contribution >= 0.6 is 11.8 Å². The van der Waals surface area contributed by atoms with Gasteiger partial charge in [-0.25, -0.2) is 4.98 Å². The number of nitrogens with one attached hydrogen (secondary N) is 3. The molecule has 10 heteroatoms. The van der Waals surface area contributed by atoms with Crippen molar-refractivity contribution in [3.63, 3.8) is 0 Å². The van der Waals surface area contributed by atoms with Gasteiger partial charge in [0.1, 0.15) is 5.03 Å². The van der Waals surface area contributed by atoms with Gasteiger partial charge in [-0.05, 0) is 37.6 Å². The molecule has 2 amide bonds. The molecule has 2 rings (SSSR count). The van der Waals surface area contributed by atoms with E-state index in [4.69, 9.17) is 0 Å². The topological polar surface area (TPSA) is 83.1 Å². The van der Waals surface area contributed by atoms with Crippen molar-refractivity contribution in [3.8, 4) is 0 Å². The van der Waals surface area contributed by atoms with Crippen LogP contribution in [0.25, 0.3) is 0 Å². The molecule has 1 aromatic carbocycles. The molecule has 6 nitrogen and oxygen atoms in total. The van der Waals surface area contributed by atoms with E-state index in [1.54, 1.807) is 0 Å². The highest BCUT2D eigenvalue weighted by molar-refractivity contribution is 8.00. The third kappa shape index (κ3) is 6.48. The molecular weight excluding hydrogens is 381 g/mol. The molecule has 144 valence electrons. The van der Waals surface area contributed by atoms with Crippen LogP contribution in [0.5, 0.6) is 0 Å². The average Bonchev–Trinajstić information content (AvgIpc) is 2.58. The molecule has 1 aromatic heterocycles. The lowest BCUT2D eigenvalue weighted by atomic mass is 10.1. The van der Waals surface area contributed by atoms with Crippen molar-refractivity contribution >= 4 is 29.3 Å². The van der Waals surface area contributed by atoms with Gasteiger partial charge in [-0.3, -0.25) is 20.4 Å². The maximum Gasteiger partial charge on any atom is 0.447 e. The van der Waals surface area contributed by atoms with Crippen LogP contribution in [0.3, 0.4) is 0 Å². The van der Waals surface area contributed by atoms with E-state index in [0.717, 1.165) is 23.0 Å². The number of anilines is 1. The molecule has 0 bridgehead atoms. The number of hydrogen-bond acceptors (Lipinski definition) is 5. The number of nitrogens with zero attached hydrogens (tertiary/aromatic N) is 1. The van der Waals surface area contributed by atoms with Crippen LogP contribution in [-0.4, -0.2) is 28.9 Å². The number of hydrogen-bond donors (Lipinski definition) is 3. The third-order valence-electron chi connectivity index (χ3n) is 3.36. The van der Waals surface area contributed by atoms with Crippen molar-refractivity contribution in [2.75, 3.05) is 11.9 Å². The highest BCUT2D eigenvalue weighted by atomic mass is 32.2. The highest BCUT2D eigenvalue weighted by Crippen LogP contribution is 2.37. The number of aromatic nitrogens is 1. The Bertz CT molecular complexity index is 843. The first-order valence-electron chi connectivity index (χ1n) is 7.77. The van der Waals surface area contributed by atoms with E-state index in [1.165, 1.54) is 12.1 Å². The smallest absolute Gasteiger partial charge is 0.376 e. The number of amides is 2. The summed E-state index contributed by atoms with van der Waals surface area (Å²) >= 11 is -0.497. The van der Waals surface area contributed by atoms with Crippen molar-refractivity contribution in [2.24, 2.45) is 0 Å². The standard InChI is InChI=1S/C17H17F3N4O2S/c1-10-5-6-13(11(2)8-10)22-9-14(25)23-24-15(26)12-4-3-7-21-16(12)27-17(18,19)20/h3-8,22H,9H2,1-2H3,(H,23,25)(H,24,26). The number of pyridine rings is 1. The predicted octanol–water partition coefficient (Wildman–Crippen LogP) is 3.18. The molecule has 0 unspecified atom stereocenters. The lowest BCUT2D eigenvalue weighted by Crippen LogP contribution is -2.44. The maximum atomic E-state index is 12.5. The normalized spacial score (nSPS) is 11.0. The van der Waals surface area contributed by atoms with E-state index in [-0.39, 0.29) is 12.1 Å². The Labute approximate surface area is 157 Å². The Balaban J connectivity index is 1.91. The van der Waals surface area contributed by atoms with Gasteiger partial charge in [0, 0.05) is 23.6 Å². The van der Waals surface area contributed by atoms with Crippen LogP contribution in [-0.2, 0) is 4.79 Å². The first-order valence-corrected chi connectivity index (χ1v) is 8.58. The van der Waals surface area contributed by atoms with Crippen molar-refractivity contribution in [1.82, 2.24) is 15.8 Å². The number of carbonyl (C=O) groups excluding carboxylic acids is 2. The summed E-state index contributed by atoms with van der Waals surface area (Å²) in [5.41, 5.74) is 2.17. The molecular formula is C17H17F3N4O2S. The fourth-order valence-electron chi connectivity index (χ4n) is 2.18. The maximum absolute atomic E-state index is 12.5. The lowest BCUT2D eigenvalue weighted by molar-refractivity contribution is -0.120. The third-order valence-corrected chi connectivity index (χ3v) is 4.12. The zero-order valence-corrected chi connectivity index (χ0v) is 15.3. The molecule has 27 heavy (non-hydrogen) atoms. The summed E-state index contributed by atoms with van der Waals surface area (Å²) < 4.78 is 37.6. The van der Waals surface area contributed by atoms with Crippen LogP contribution in [0.2, 0.25) is 0 Å². The quantitative estimate of drug-likeness (QED) is 0.532. The summed E-state index contributed by atoms with van der Waals surface area (Å²) in [6.45, 7) is 3.71. The second kappa shape index (κ2) is 8.76. The first kappa shape index (κ1) is 20.6. The minimum atomic E-state index is -4.58. The summed E-state index contributed by atoms with van der Waals surface area (Å²) in [7, 11) is 0. The molecule has 0 aliphatic heterocycles. The minimum absolute atomic E-state index is 0.124. The molecule has 0 radical (unpaired) electrons. The summed E-state index contributed by atoms with van der Waals surface area (Å²) in [4.78, 5) is 27.5. The Morgan fingerprint density at radius 1 is 1.15 bits per heavy atom. The number of carbonyl (C=O) groups is 2. The SMILES string of the molecule is Cc1ccc(NCC(=O)NNC(=O)c2cccnc2SC(F)(F)F)c(C)c1. The second-order valence-electron chi connectivity index (χ2n) is 5.58. The monoisotopic (exact) mass is 398 g/mol. The lowest BCUT2D eigenvalue weighted by Gasteiger charge is -2.12. The fourth-order valence-corrected chi connectivity index (χ4v) is 2.78. The summed E-state index contributed by atoms with van der Waals surface area (Å²) in [6, 6.07) is 8.18. The van der Waals surface area contributed by atoms with E-state index in [9.17, 15) is 22.8 Å². The van der Waals surface area contributed by atoms with Crippen molar-refractivity contribution in [2.45, 2.75) is 24.4 Å². The average molecular weight is 398 g/mol. The molecule has 0 saturated heterocycles. The van der Waals surface area contributed by atoms with Gasteiger partial charge < -0.3 is 5.32 Å². The van der Waals surface area contributed by atoms with Gasteiger partial charge in [0.2, 0.25) is 0 Å². The van der Waals surface area contributed by atoms with Gasteiger partial charge >= 0.3 is 5.51 Å². The number of thioether (sulfide) groups is 1. The number of alkyl halides is 3.